The van der Waals surface area contributed by atoms with Crippen LogP contribution in [0.5, 0.6) is 5.75 Å². The Morgan fingerprint density at radius 1 is 1.31 bits per heavy atom. The second-order valence-corrected chi connectivity index (χ2v) is 4.68. The minimum absolute atomic E-state index is 0.0577. The number of carboxylic acid groups (broad SMARTS) is 1. The maximum Gasteiger partial charge on any atom is 0.345 e. The maximum atomic E-state index is 10.9. The summed E-state index contributed by atoms with van der Waals surface area (Å²) in [7, 11) is 0. The molecule has 1 aromatic rings. The van der Waals surface area contributed by atoms with Gasteiger partial charge < -0.3 is 9.84 Å². The Bertz CT molecular complexity index is 346. The second kappa shape index (κ2) is 5.80. The van der Waals surface area contributed by atoms with Crippen LogP contribution in [0.3, 0.4) is 0 Å². The minimum Gasteiger partial charge on any atom is -0.478 e. The van der Waals surface area contributed by atoms with Crippen molar-refractivity contribution in [1.29, 1.82) is 0 Å². The van der Waals surface area contributed by atoms with Crippen molar-refractivity contribution in [2.24, 2.45) is 5.92 Å². The van der Waals surface area contributed by atoms with Crippen LogP contribution in [0.15, 0.2) is 29.2 Å². The van der Waals surface area contributed by atoms with Gasteiger partial charge in [0, 0.05) is 10.8 Å². The van der Waals surface area contributed by atoms with E-state index >= 15 is 0 Å². The van der Waals surface area contributed by atoms with Crippen LogP contribution >= 0.6 is 11.8 Å². The highest BCUT2D eigenvalue weighted by Crippen LogP contribution is 2.21. The van der Waals surface area contributed by atoms with Crippen molar-refractivity contribution >= 4 is 17.7 Å². The Morgan fingerprint density at radius 3 is 2.25 bits per heavy atom. The van der Waals surface area contributed by atoms with Gasteiger partial charge in [0.1, 0.15) is 5.75 Å². The lowest BCUT2D eigenvalue weighted by Gasteiger charge is -2.18. The molecule has 0 heterocycles. The van der Waals surface area contributed by atoms with Gasteiger partial charge in [-0.3, -0.25) is 0 Å². The maximum absolute atomic E-state index is 10.9. The standard InChI is InChI=1S/C12H16O3S/c1-8(2)11(12(13)14)15-9-4-6-10(16-3)7-5-9/h4-8,11H,1-3H3,(H,13,14). The lowest BCUT2D eigenvalue weighted by atomic mass is 10.1. The smallest absolute Gasteiger partial charge is 0.345 e. The highest BCUT2D eigenvalue weighted by Gasteiger charge is 2.23. The van der Waals surface area contributed by atoms with E-state index in [1.807, 2.05) is 32.2 Å². The molecule has 0 aliphatic rings. The average Bonchev–Trinajstić information content (AvgIpc) is 2.25. The largest absolute Gasteiger partial charge is 0.478 e. The molecule has 0 radical (unpaired) electrons. The number of hydrogen-bond donors (Lipinski definition) is 1. The van der Waals surface area contributed by atoms with E-state index in [2.05, 4.69) is 0 Å². The van der Waals surface area contributed by atoms with Crippen LogP contribution in [-0.4, -0.2) is 23.4 Å². The molecular weight excluding hydrogens is 224 g/mol. The molecule has 1 N–H and O–H groups in total. The molecule has 88 valence electrons. The van der Waals surface area contributed by atoms with E-state index in [1.165, 1.54) is 0 Å². The molecule has 1 unspecified atom stereocenters. The van der Waals surface area contributed by atoms with Crippen molar-refractivity contribution < 1.29 is 14.6 Å². The number of ether oxygens (including phenoxy) is 1. The highest BCUT2D eigenvalue weighted by molar-refractivity contribution is 7.98. The van der Waals surface area contributed by atoms with E-state index in [9.17, 15) is 4.79 Å². The lowest BCUT2D eigenvalue weighted by Crippen LogP contribution is -2.32. The topological polar surface area (TPSA) is 46.5 Å². The van der Waals surface area contributed by atoms with Crippen LogP contribution in [0.4, 0.5) is 0 Å². The summed E-state index contributed by atoms with van der Waals surface area (Å²) < 4.78 is 5.43. The minimum atomic E-state index is -0.927. The van der Waals surface area contributed by atoms with Crippen molar-refractivity contribution in [1.82, 2.24) is 0 Å². The third-order valence-electron chi connectivity index (χ3n) is 2.17. The van der Waals surface area contributed by atoms with Crippen LogP contribution in [0.25, 0.3) is 0 Å². The summed E-state index contributed by atoms with van der Waals surface area (Å²) in [6.07, 6.45) is 1.20. The van der Waals surface area contributed by atoms with Gasteiger partial charge in [0.15, 0.2) is 6.10 Å². The predicted octanol–water partition coefficient (Wildman–Crippen LogP) is 2.90. The van der Waals surface area contributed by atoms with Crippen LogP contribution < -0.4 is 4.74 Å². The number of hydrogen-bond acceptors (Lipinski definition) is 3. The molecular formula is C12H16O3S. The number of carboxylic acids is 1. The van der Waals surface area contributed by atoms with Crippen LogP contribution in [-0.2, 0) is 4.79 Å². The van der Waals surface area contributed by atoms with Crippen molar-refractivity contribution in [2.45, 2.75) is 24.8 Å². The van der Waals surface area contributed by atoms with Gasteiger partial charge in [0.25, 0.3) is 0 Å². The fourth-order valence-corrected chi connectivity index (χ4v) is 1.68. The number of benzene rings is 1. The molecule has 16 heavy (non-hydrogen) atoms. The number of thioether (sulfide) groups is 1. The summed E-state index contributed by atoms with van der Waals surface area (Å²) in [6.45, 7) is 3.66. The Balaban J connectivity index is 2.74. The van der Waals surface area contributed by atoms with E-state index in [4.69, 9.17) is 9.84 Å². The Morgan fingerprint density at radius 2 is 1.88 bits per heavy atom. The van der Waals surface area contributed by atoms with Crippen molar-refractivity contribution in [3.63, 3.8) is 0 Å². The molecule has 0 fully saturated rings. The van der Waals surface area contributed by atoms with Gasteiger partial charge in [-0.15, -0.1) is 11.8 Å². The third kappa shape index (κ3) is 3.45. The first-order chi connectivity index (χ1) is 7.54. The molecule has 0 aliphatic carbocycles. The zero-order valence-corrected chi connectivity index (χ0v) is 10.5. The Labute approximate surface area is 99.8 Å². The van der Waals surface area contributed by atoms with Crippen LogP contribution in [0.2, 0.25) is 0 Å². The molecule has 0 aromatic heterocycles. The molecule has 0 bridgehead atoms. The first-order valence-corrected chi connectivity index (χ1v) is 6.30. The molecule has 3 nitrogen and oxygen atoms in total. The van der Waals surface area contributed by atoms with Crippen molar-refractivity contribution in [3.8, 4) is 5.75 Å². The van der Waals surface area contributed by atoms with Gasteiger partial charge in [-0.1, -0.05) is 13.8 Å². The van der Waals surface area contributed by atoms with E-state index < -0.39 is 12.1 Å². The first kappa shape index (κ1) is 12.9. The molecule has 0 saturated heterocycles. The van der Waals surface area contributed by atoms with Gasteiger partial charge in [0.2, 0.25) is 0 Å². The number of carbonyl (C=O) groups is 1. The molecule has 0 saturated carbocycles. The molecule has 1 aromatic carbocycles. The zero-order chi connectivity index (χ0) is 12.1. The van der Waals surface area contributed by atoms with Gasteiger partial charge in [-0.2, -0.15) is 0 Å². The normalized spacial score (nSPS) is 12.5. The van der Waals surface area contributed by atoms with Gasteiger partial charge in [0.05, 0.1) is 0 Å². The highest BCUT2D eigenvalue weighted by atomic mass is 32.2. The summed E-state index contributed by atoms with van der Waals surface area (Å²) in [5.41, 5.74) is 0. The van der Waals surface area contributed by atoms with Gasteiger partial charge >= 0.3 is 5.97 Å². The summed E-state index contributed by atoms with van der Waals surface area (Å²) in [5.74, 6) is -0.388. The number of rotatable bonds is 5. The fraction of sp³-hybridized carbons (Fsp3) is 0.417. The SMILES string of the molecule is CSc1ccc(OC(C(=O)O)C(C)C)cc1. The zero-order valence-electron chi connectivity index (χ0n) is 9.64. The number of aliphatic carboxylic acids is 1. The molecule has 0 aliphatic heterocycles. The molecule has 1 rings (SSSR count). The second-order valence-electron chi connectivity index (χ2n) is 3.80. The monoisotopic (exact) mass is 240 g/mol. The average molecular weight is 240 g/mol. The van der Waals surface area contributed by atoms with Crippen LogP contribution in [0, 0.1) is 5.92 Å². The third-order valence-corrected chi connectivity index (χ3v) is 2.91. The lowest BCUT2D eigenvalue weighted by molar-refractivity contribution is -0.147. The van der Waals surface area contributed by atoms with Crippen molar-refractivity contribution in [3.05, 3.63) is 24.3 Å². The fourth-order valence-electron chi connectivity index (χ4n) is 1.27. The summed E-state index contributed by atoms with van der Waals surface area (Å²) >= 11 is 1.64. The molecule has 4 heteroatoms. The van der Waals surface area contributed by atoms with Gasteiger partial charge in [-0.05, 0) is 30.5 Å². The van der Waals surface area contributed by atoms with Gasteiger partial charge in [-0.25, -0.2) is 4.79 Å². The summed E-state index contributed by atoms with van der Waals surface area (Å²) in [6, 6.07) is 7.42. The molecule has 0 amide bonds. The van der Waals surface area contributed by atoms with E-state index in [-0.39, 0.29) is 5.92 Å². The quantitative estimate of drug-likeness (QED) is 0.804. The summed E-state index contributed by atoms with van der Waals surface area (Å²) in [4.78, 5) is 12.1. The van der Waals surface area contributed by atoms with E-state index in [0.717, 1.165) is 4.90 Å². The van der Waals surface area contributed by atoms with Crippen LogP contribution in [0.1, 0.15) is 13.8 Å². The predicted molar refractivity (Wildman–Crippen MR) is 65.1 cm³/mol. The van der Waals surface area contributed by atoms with E-state index in [1.54, 1.807) is 23.9 Å². The molecule has 1 atom stereocenters. The summed E-state index contributed by atoms with van der Waals surface area (Å²) in [5, 5.41) is 8.98. The van der Waals surface area contributed by atoms with E-state index in [0.29, 0.717) is 5.75 Å². The molecule has 0 spiro atoms. The first-order valence-electron chi connectivity index (χ1n) is 5.08. The van der Waals surface area contributed by atoms with Crippen molar-refractivity contribution in [2.75, 3.05) is 6.26 Å². The Hall–Kier alpha value is -1.16. The Kier molecular flexibility index (Phi) is 4.68.